The van der Waals surface area contributed by atoms with Crippen LogP contribution in [0.3, 0.4) is 0 Å². The molecule has 21 heavy (non-hydrogen) atoms. The molecular formula is C16H22N2O3. The molecule has 0 aliphatic heterocycles. The van der Waals surface area contributed by atoms with Crippen molar-refractivity contribution in [2.45, 2.75) is 25.7 Å². The van der Waals surface area contributed by atoms with E-state index in [4.69, 9.17) is 5.11 Å². The zero-order chi connectivity index (χ0) is 15.2. The quantitative estimate of drug-likeness (QED) is 0.895. The van der Waals surface area contributed by atoms with E-state index in [1.807, 2.05) is 30.3 Å². The molecule has 0 spiro atoms. The third-order valence-electron chi connectivity index (χ3n) is 4.19. The number of nitrogens with zero attached hydrogens (tertiary/aromatic N) is 1. The fraction of sp³-hybridized carbons (Fsp3) is 0.500. The van der Waals surface area contributed by atoms with Gasteiger partial charge in [0, 0.05) is 19.3 Å². The normalized spacial score (nSPS) is 21.6. The lowest BCUT2D eigenvalue weighted by Crippen LogP contribution is -2.40. The number of carboxylic acid groups (broad SMARTS) is 1. The third-order valence-corrected chi connectivity index (χ3v) is 4.19. The highest BCUT2D eigenvalue weighted by Gasteiger charge is 2.26. The topological polar surface area (TPSA) is 69.6 Å². The van der Waals surface area contributed by atoms with E-state index in [1.54, 1.807) is 11.9 Å². The third kappa shape index (κ3) is 4.21. The van der Waals surface area contributed by atoms with Crippen molar-refractivity contribution in [1.82, 2.24) is 5.32 Å². The average Bonchev–Trinajstić information content (AvgIpc) is 2.53. The van der Waals surface area contributed by atoms with E-state index in [-0.39, 0.29) is 11.9 Å². The van der Waals surface area contributed by atoms with Crippen LogP contribution in [0, 0.1) is 11.8 Å². The average molecular weight is 290 g/mol. The van der Waals surface area contributed by atoms with E-state index < -0.39 is 5.97 Å². The van der Waals surface area contributed by atoms with Gasteiger partial charge in [0.25, 0.3) is 0 Å². The number of hydrogen-bond donors (Lipinski definition) is 2. The maximum atomic E-state index is 12.1. The Morgan fingerprint density at radius 2 is 1.81 bits per heavy atom. The predicted molar refractivity (Wildman–Crippen MR) is 81.3 cm³/mol. The number of urea groups is 1. The molecular weight excluding hydrogens is 268 g/mol. The minimum absolute atomic E-state index is 0.124. The minimum Gasteiger partial charge on any atom is -0.481 e. The molecule has 1 aliphatic rings. The van der Waals surface area contributed by atoms with Crippen LogP contribution in [-0.2, 0) is 4.79 Å². The van der Waals surface area contributed by atoms with Gasteiger partial charge >= 0.3 is 12.0 Å². The summed E-state index contributed by atoms with van der Waals surface area (Å²) in [5.74, 6) is -0.515. The van der Waals surface area contributed by atoms with Crippen LogP contribution in [0.4, 0.5) is 10.5 Å². The van der Waals surface area contributed by atoms with E-state index in [2.05, 4.69) is 5.32 Å². The lowest BCUT2D eigenvalue weighted by atomic mass is 9.82. The number of anilines is 1. The number of hydrogen-bond acceptors (Lipinski definition) is 2. The second-order valence-electron chi connectivity index (χ2n) is 5.64. The summed E-state index contributed by atoms with van der Waals surface area (Å²) in [5.41, 5.74) is 0.851. The molecule has 114 valence electrons. The van der Waals surface area contributed by atoms with Crippen molar-refractivity contribution in [3.05, 3.63) is 30.3 Å². The Bertz CT molecular complexity index is 482. The van der Waals surface area contributed by atoms with Crippen LogP contribution in [0.5, 0.6) is 0 Å². The molecule has 1 saturated carbocycles. The molecule has 0 radical (unpaired) electrons. The van der Waals surface area contributed by atoms with Gasteiger partial charge in [0.05, 0.1) is 5.92 Å². The summed E-state index contributed by atoms with van der Waals surface area (Å²) in [6.45, 7) is 0.613. The van der Waals surface area contributed by atoms with Gasteiger partial charge in [-0.15, -0.1) is 0 Å². The molecule has 0 aromatic heterocycles. The number of rotatable bonds is 4. The first-order valence-electron chi connectivity index (χ1n) is 7.37. The molecule has 1 aromatic rings. The van der Waals surface area contributed by atoms with Gasteiger partial charge in [0.15, 0.2) is 0 Å². The molecule has 0 heterocycles. The van der Waals surface area contributed by atoms with Crippen LogP contribution < -0.4 is 10.2 Å². The Morgan fingerprint density at radius 1 is 1.19 bits per heavy atom. The summed E-state index contributed by atoms with van der Waals surface area (Å²) in [6, 6.07) is 9.35. The van der Waals surface area contributed by atoms with Gasteiger partial charge in [-0.25, -0.2) is 4.79 Å². The van der Waals surface area contributed by atoms with E-state index in [1.165, 1.54) is 0 Å². The standard InChI is InChI=1S/C16H22N2O3/c1-18(14-5-3-2-4-6-14)16(21)17-11-12-7-9-13(10-8-12)15(19)20/h2-6,12-13H,7-11H2,1H3,(H,17,21)(H,19,20). The molecule has 0 saturated heterocycles. The molecule has 2 amide bonds. The SMILES string of the molecule is CN(C(=O)NCC1CCC(C(=O)O)CC1)c1ccccc1. The van der Waals surface area contributed by atoms with Gasteiger partial charge in [-0.3, -0.25) is 9.69 Å². The Labute approximate surface area is 125 Å². The summed E-state index contributed by atoms with van der Waals surface area (Å²) < 4.78 is 0. The highest BCUT2D eigenvalue weighted by Crippen LogP contribution is 2.28. The number of para-hydroxylation sites is 1. The largest absolute Gasteiger partial charge is 0.481 e. The number of benzene rings is 1. The summed E-state index contributed by atoms with van der Waals surface area (Å²) >= 11 is 0. The highest BCUT2D eigenvalue weighted by atomic mass is 16.4. The van der Waals surface area contributed by atoms with Crippen molar-refractivity contribution in [2.24, 2.45) is 11.8 Å². The highest BCUT2D eigenvalue weighted by molar-refractivity contribution is 5.91. The Balaban J connectivity index is 1.76. The lowest BCUT2D eigenvalue weighted by molar-refractivity contribution is -0.143. The molecule has 2 rings (SSSR count). The molecule has 5 nitrogen and oxygen atoms in total. The first kappa shape index (κ1) is 15.4. The molecule has 5 heteroatoms. The van der Waals surface area contributed by atoms with Crippen molar-refractivity contribution >= 4 is 17.7 Å². The summed E-state index contributed by atoms with van der Waals surface area (Å²) in [5, 5.41) is 11.9. The number of aliphatic carboxylic acids is 1. The molecule has 0 atom stereocenters. The Morgan fingerprint density at radius 3 is 2.38 bits per heavy atom. The molecule has 1 fully saturated rings. The molecule has 0 unspecified atom stereocenters. The maximum Gasteiger partial charge on any atom is 0.321 e. The van der Waals surface area contributed by atoms with Gasteiger partial charge in [-0.1, -0.05) is 18.2 Å². The van der Waals surface area contributed by atoms with E-state index >= 15 is 0 Å². The van der Waals surface area contributed by atoms with Gasteiger partial charge in [-0.05, 0) is 43.7 Å². The fourth-order valence-corrected chi connectivity index (χ4v) is 2.73. The second-order valence-corrected chi connectivity index (χ2v) is 5.64. The number of carboxylic acids is 1. The summed E-state index contributed by atoms with van der Waals surface area (Å²) in [4.78, 5) is 24.6. The zero-order valence-electron chi connectivity index (χ0n) is 12.3. The Kier molecular flexibility index (Phi) is 5.20. The van der Waals surface area contributed by atoms with Crippen LogP contribution in [0.1, 0.15) is 25.7 Å². The number of amides is 2. The van der Waals surface area contributed by atoms with Gasteiger partial charge in [-0.2, -0.15) is 0 Å². The predicted octanol–water partition coefficient (Wildman–Crippen LogP) is 2.72. The van der Waals surface area contributed by atoms with E-state index in [9.17, 15) is 9.59 Å². The zero-order valence-corrected chi connectivity index (χ0v) is 12.3. The first-order chi connectivity index (χ1) is 10.1. The number of nitrogens with one attached hydrogen (secondary N) is 1. The smallest absolute Gasteiger partial charge is 0.321 e. The van der Waals surface area contributed by atoms with Crippen molar-refractivity contribution in [3.63, 3.8) is 0 Å². The molecule has 1 aliphatic carbocycles. The van der Waals surface area contributed by atoms with Gasteiger partial charge < -0.3 is 10.4 Å². The van der Waals surface area contributed by atoms with Crippen LogP contribution in [-0.4, -0.2) is 30.7 Å². The maximum absolute atomic E-state index is 12.1. The van der Waals surface area contributed by atoms with Crippen molar-refractivity contribution in [2.75, 3.05) is 18.5 Å². The Hall–Kier alpha value is -2.04. The molecule has 2 N–H and O–H groups in total. The molecule has 0 bridgehead atoms. The van der Waals surface area contributed by atoms with Crippen molar-refractivity contribution in [1.29, 1.82) is 0 Å². The van der Waals surface area contributed by atoms with Crippen LogP contribution in [0.2, 0.25) is 0 Å². The lowest BCUT2D eigenvalue weighted by Gasteiger charge is -2.27. The molecule has 1 aromatic carbocycles. The van der Waals surface area contributed by atoms with Crippen molar-refractivity contribution in [3.8, 4) is 0 Å². The van der Waals surface area contributed by atoms with E-state index in [0.29, 0.717) is 25.3 Å². The number of carbonyl (C=O) groups is 2. The van der Waals surface area contributed by atoms with Crippen LogP contribution in [0.25, 0.3) is 0 Å². The summed E-state index contributed by atoms with van der Waals surface area (Å²) in [7, 11) is 1.74. The van der Waals surface area contributed by atoms with Crippen LogP contribution in [0.15, 0.2) is 30.3 Å². The first-order valence-corrected chi connectivity index (χ1v) is 7.37. The van der Waals surface area contributed by atoms with Gasteiger partial charge in [0.1, 0.15) is 0 Å². The summed E-state index contributed by atoms with van der Waals surface area (Å²) in [6.07, 6.45) is 3.16. The second kappa shape index (κ2) is 7.11. The van der Waals surface area contributed by atoms with Crippen LogP contribution >= 0.6 is 0 Å². The van der Waals surface area contributed by atoms with E-state index in [0.717, 1.165) is 18.5 Å². The van der Waals surface area contributed by atoms with Gasteiger partial charge in [0.2, 0.25) is 0 Å². The number of carbonyl (C=O) groups excluding carboxylic acids is 1. The monoisotopic (exact) mass is 290 g/mol. The fourth-order valence-electron chi connectivity index (χ4n) is 2.73. The van der Waals surface area contributed by atoms with Crippen molar-refractivity contribution < 1.29 is 14.7 Å². The minimum atomic E-state index is -0.693.